The molecule has 0 aromatic heterocycles. The number of hydrogen-bond acceptors (Lipinski definition) is 15. The fraction of sp³-hybridized carbons (Fsp3) is 0.948. The first-order chi connectivity index (χ1) is 46.4. The Morgan fingerprint density at radius 1 is 0.302 bits per heavy atom. The molecule has 0 aromatic rings. The van der Waals surface area contributed by atoms with Crippen LogP contribution in [-0.4, -0.2) is 96.7 Å². The summed E-state index contributed by atoms with van der Waals surface area (Å²) in [4.78, 5) is 72.7. The molecule has 17 nitrogen and oxygen atoms in total. The lowest BCUT2D eigenvalue weighted by atomic mass is 9.99. The second-order valence-electron chi connectivity index (χ2n) is 28.5. The van der Waals surface area contributed by atoms with E-state index in [-0.39, 0.29) is 25.7 Å². The number of aliphatic hydroxyl groups excluding tert-OH is 1. The largest absolute Gasteiger partial charge is 0.472 e. The van der Waals surface area contributed by atoms with E-state index in [1.165, 1.54) is 205 Å². The number of rotatable bonds is 76. The molecular weight excluding hydrogens is 1260 g/mol. The second-order valence-corrected chi connectivity index (χ2v) is 31.4. The van der Waals surface area contributed by atoms with Gasteiger partial charge in [-0.1, -0.05) is 350 Å². The number of unbranched alkanes of at least 4 members (excludes halogenated alkanes) is 45. The minimum atomic E-state index is -4.96. The Bertz CT molecular complexity index is 1860. The van der Waals surface area contributed by atoms with E-state index >= 15 is 0 Å². The van der Waals surface area contributed by atoms with Gasteiger partial charge < -0.3 is 33.8 Å². The fourth-order valence-corrected chi connectivity index (χ4v) is 13.4. The molecule has 0 amide bonds. The first-order valence-electron chi connectivity index (χ1n) is 40.0. The summed E-state index contributed by atoms with van der Waals surface area (Å²) in [5.41, 5.74) is 0. The molecule has 0 saturated carbocycles. The van der Waals surface area contributed by atoms with Crippen LogP contribution in [0.5, 0.6) is 0 Å². The summed E-state index contributed by atoms with van der Waals surface area (Å²) >= 11 is 0. The summed E-state index contributed by atoms with van der Waals surface area (Å²) in [6.45, 7) is 9.63. The number of carbonyl (C=O) groups excluding carboxylic acids is 4. The topological polar surface area (TPSA) is 237 Å². The molecular formula is C77H150O17P2. The van der Waals surface area contributed by atoms with Gasteiger partial charge >= 0.3 is 39.5 Å². The van der Waals surface area contributed by atoms with Gasteiger partial charge in [0, 0.05) is 25.7 Å². The van der Waals surface area contributed by atoms with Crippen molar-refractivity contribution >= 4 is 39.5 Å². The van der Waals surface area contributed by atoms with Gasteiger partial charge in [0.25, 0.3) is 0 Å². The number of aliphatic hydroxyl groups is 1. The van der Waals surface area contributed by atoms with Gasteiger partial charge in [0.1, 0.15) is 19.3 Å². The summed E-state index contributed by atoms with van der Waals surface area (Å²) < 4.78 is 68.5. The van der Waals surface area contributed by atoms with Gasteiger partial charge in [-0.15, -0.1) is 0 Å². The van der Waals surface area contributed by atoms with Gasteiger partial charge in [0.15, 0.2) is 12.2 Å². The average Bonchev–Trinajstić information content (AvgIpc) is 1.41. The SMILES string of the molecule is CCCCCCCCCCCCCCCCCCC(=O)OC[C@H](COP(=O)(O)OC[C@@H](O)COP(=O)(O)OC[C@@H](COC(=O)CCCCCCCCC)OC(=O)CCCCCCCCCCCCCCC(C)C)OC(=O)CCCCCCCCCCCCCCCCC(C)CC. The molecule has 0 aromatic carbocycles. The van der Waals surface area contributed by atoms with Crippen LogP contribution in [0.2, 0.25) is 0 Å². The molecule has 3 unspecified atom stereocenters. The fourth-order valence-electron chi connectivity index (χ4n) is 11.8. The van der Waals surface area contributed by atoms with Gasteiger partial charge in [0.05, 0.1) is 26.4 Å². The quantitative estimate of drug-likeness (QED) is 0.0222. The predicted octanol–water partition coefficient (Wildman–Crippen LogP) is 22.7. The first kappa shape index (κ1) is 94.1. The molecule has 0 rings (SSSR count). The van der Waals surface area contributed by atoms with Gasteiger partial charge in [0.2, 0.25) is 0 Å². The molecule has 0 bridgehead atoms. The molecule has 0 radical (unpaired) electrons. The van der Waals surface area contributed by atoms with Crippen molar-refractivity contribution in [1.29, 1.82) is 0 Å². The number of hydrogen-bond donors (Lipinski definition) is 3. The van der Waals surface area contributed by atoms with E-state index in [1.54, 1.807) is 0 Å². The highest BCUT2D eigenvalue weighted by molar-refractivity contribution is 7.47. The lowest BCUT2D eigenvalue weighted by molar-refractivity contribution is -0.161. The molecule has 96 heavy (non-hydrogen) atoms. The summed E-state index contributed by atoms with van der Waals surface area (Å²) in [6, 6.07) is 0. The van der Waals surface area contributed by atoms with E-state index < -0.39 is 97.5 Å². The second kappa shape index (κ2) is 68.8. The van der Waals surface area contributed by atoms with Crippen molar-refractivity contribution in [2.45, 2.75) is 419 Å². The van der Waals surface area contributed by atoms with Crippen LogP contribution < -0.4 is 0 Å². The maximum Gasteiger partial charge on any atom is 0.472 e. The maximum atomic E-state index is 13.1. The van der Waals surface area contributed by atoms with Crippen molar-refractivity contribution in [2.24, 2.45) is 11.8 Å². The predicted molar refractivity (Wildman–Crippen MR) is 391 cm³/mol. The third-order valence-electron chi connectivity index (χ3n) is 18.3. The normalized spacial score (nSPS) is 14.3. The maximum absolute atomic E-state index is 13.1. The zero-order valence-electron chi connectivity index (χ0n) is 62.7. The Labute approximate surface area is 588 Å². The van der Waals surface area contributed by atoms with Crippen molar-refractivity contribution in [2.75, 3.05) is 39.6 Å². The molecule has 0 fully saturated rings. The van der Waals surface area contributed by atoms with Crippen LogP contribution in [0.25, 0.3) is 0 Å². The van der Waals surface area contributed by atoms with Crippen LogP contribution >= 0.6 is 15.6 Å². The Morgan fingerprint density at radius 3 is 0.792 bits per heavy atom. The minimum Gasteiger partial charge on any atom is -0.462 e. The van der Waals surface area contributed by atoms with Crippen LogP contribution in [0.3, 0.4) is 0 Å². The summed E-state index contributed by atoms with van der Waals surface area (Å²) in [7, 11) is -9.91. The van der Waals surface area contributed by atoms with Gasteiger partial charge in [-0.25, -0.2) is 9.13 Å². The van der Waals surface area contributed by atoms with Crippen LogP contribution in [-0.2, 0) is 65.4 Å². The Morgan fingerprint density at radius 2 is 0.531 bits per heavy atom. The number of phosphoric acid groups is 2. The van der Waals surface area contributed by atoms with Crippen molar-refractivity contribution in [1.82, 2.24) is 0 Å². The highest BCUT2D eigenvalue weighted by Gasteiger charge is 2.30. The van der Waals surface area contributed by atoms with Crippen LogP contribution in [0.4, 0.5) is 0 Å². The highest BCUT2D eigenvalue weighted by Crippen LogP contribution is 2.45. The van der Waals surface area contributed by atoms with Crippen LogP contribution in [0.1, 0.15) is 401 Å². The molecule has 0 spiro atoms. The monoisotopic (exact) mass is 1410 g/mol. The van der Waals surface area contributed by atoms with Crippen LogP contribution in [0.15, 0.2) is 0 Å². The number of ether oxygens (including phenoxy) is 4. The Hall–Kier alpha value is -1.94. The van der Waals surface area contributed by atoms with Crippen molar-refractivity contribution in [3.63, 3.8) is 0 Å². The molecule has 0 aliphatic rings. The van der Waals surface area contributed by atoms with Crippen LogP contribution in [0, 0.1) is 11.8 Å². The zero-order valence-corrected chi connectivity index (χ0v) is 64.5. The number of carbonyl (C=O) groups is 4. The average molecular weight is 1410 g/mol. The minimum absolute atomic E-state index is 0.107. The van der Waals surface area contributed by atoms with E-state index in [9.17, 15) is 43.2 Å². The van der Waals surface area contributed by atoms with Gasteiger partial charge in [-0.2, -0.15) is 0 Å². The van der Waals surface area contributed by atoms with Crippen molar-refractivity contribution in [3.8, 4) is 0 Å². The molecule has 19 heteroatoms. The lowest BCUT2D eigenvalue weighted by Gasteiger charge is -2.21. The molecule has 0 aliphatic heterocycles. The standard InChI is InChI=1S/C77H150O17P2/c1-7-10-12-14-16-17-18-19-20-21-25-31-36-42-48-54-60-75(80)88-66-73(94-77(82)61-55-49-43-37-32-26-23-22-24-30-35-41-46-52-58-70(6)9-3)68-92-96(85,86)90-64-71(78)63-89-95(83,84)91-67-72(65-87-74(79)59-53-47-39-15-13-11-8-2)93-76(81)62-56-50-44-38-33-28-27-29-34-40-45-51-57-69(4)5/h69-73,78H,7-68H2,1-6H3,(H,83,84)(H,85,86)/t70?,71-,72+,73+/m0/s1. The zero-order chi connectivity index (χ0) is 70.7. The lowest BCUT2D eigenvalue weighted by Crippen LogP contribution is -2.30. The number of esters is 4. The van der Waals surface area contributed by atoms with Crippen molar-refractivity contribution in [3.05, 3.63) is 0 Å². The first-order valence-corrected chi connectivity index (χ1v) is 43.0. The third-order valence-corrected chi connectivity index (χ3v) is 20.2. The summed E-state index contributed by atoms with van der Waals surface area (Å²) in [5, 5.41) is 10.6. The van der Waals surface area contributed by atoms with Gasteiger partial charge in [-0.3, -0.25) is 37.3 Å². The molecule has 570 valence electrons. The number of phosphoric ester groups is 2. The molecule has 6 atom stereocenters. The van der Waals surface area contributed by atoms with E-state index in [0.29, 0.717) is 25.7 Å². The summed E-state index contributed by atoms with van der Waals surface area (Å²) in [5.74, 6) is -0.494. The molecule has 0 saturated heterocycles. The third kappa shape index (κ3) is 69.2. The molecule has 0 aliphatic carbocycles. The van der Waals surface area contributed by atoms with Gasteiger partial charge in [-0.05, 0) is 37.5 Å². The van der Waals surface area contributed by atoms with E-state index in [1.807, 2.05) is 0 Å². The summed E-state index contributed by atoms with van der Waals surface area (Å²) in [6.07, 6.45) is 56.9. The smallest absolute Gasteiger partial charge is 0.462 e. The van der Waals surface area contributed by atoms with E-state index in [0.717, 1.165) is 115 Å². The Kier molecular flexibility index (Phi) is 67.4. The van der Waals surface area contributed by atoms with E-state index in [2.05, 4.69) is 41.5 Å². The van der Waals surface area contributed by atoms with E-state index in [4.69, 9.17) is 37.0 Å². The molecule has 3 N–H and O–H groups in total. The Balaban J connectivity index is 5.20. The highest BCUT2D eigenvalue weighted by atomic mass is 31.2. The van der Waals surface area contributed by atoms with Crippen molar-refractivity contribution < 1.29 is 80.2 Å². The molecule has 0 heterocycles.